The molecule has 74 valence electrons. The minimum atomic E-state index is 0.305. The van der Waals surface area contributed by atoms with E-state index < -0.39 is 0 Å². The van der Waals surface area contributed by atoms with Gasteiger partial charge in [-0.1, -0.05) is 0 Å². The number of hydrogen-bond donors (Lipinski definition) is 1. The van der Waals surface area contributed by atoms with Gasteiger partial charge in [-0.2, -0.15) is 5.10 Å². The Bertz CT molecular complexity index is 470. The molecule has 2 aromatic rings. The number of anilines is 1. The molecular formula is C10H14N4. The highest BCUT2D eigenvalue weighted by molar-refractivity contribution is 5.86. The number of nitrogens with zero attached hydrogens (tertiary/aromatic N) is 3. The quantitative estimate of drug-likeness (QED) is 0.747. The number of aryl methyl sites for hydroxylation is 1. The summed E-state index contributed by atoms with van der Waals surface area (Å²) in [4.78, 5) is 4.38. The highest BCUT2D eigenvalue weighted by atomic mass is 15.3. The Morgan fingerprint density at radius 3 is 2.79 bits per heavy atom. The van der Waals surface area contributed by atoms with Crippen molar-refractivity contribution in [2.75, 3.05) is 5.73 Å². The lowest BCUT2D eigenvalue weighted by Crippen LogP contribution is -2.04. The lowest BCUT2D eigenvalue weighted by atomic mass is 10.2. The molecule has 0 bridgehead atoms. The normalized spacial score (nSPS) is 11.4. The molecule has 0 aromatic carbocycles. The van der Waals surface area contributed by atoms with E-state index in [1.807, 2.05) is 17.7 Å². The molecule has 0 fully saturated rings. The smallest absolute Gasteiger partial charge is 0.111 e. The molecule has 0 amide bonds. The largest absolute Gasteiger partial charge is 0.397 e. The maximum Gasteiger partial charge on any atom is 0.111 e. The van der Waals surface area contributed by atoms with E-state index in [0.717, 1.165) is 22.4 Å². The molecule has 0 radical (unpaired) electrons. The molecule has 2 aromatic heterocycles. The third-order valence-corrected chi connectivity index (χ3v) is 2.20. The summed E-state index contributed by atoms with van der Waals surface area (Å²) in [5, 5.41) is 4.27. The van der Waals surface area contributed by atoms with Crippen molar-refractivity contribution in [3.63, 3.8) is 0 Å². The molecule has 0 unspecified atom stereocenters. The maximum absolute atomic E-state index is 5.94. The standard InChI is InChI=1S/C10H14N4/c1-6(2)14-10-8(11)4-7(3)13-9(10)5-12-14/h4-6H,1-3H3,(H2,11,13). The van der Waals surface area contributed by atoms with Crippen molar-refractivity contribution in [2.45, 2.75) is 26.8 Å². The fourth-order valence-corrected chi connectivity index (χ4v) is 1.62. The predicted molar refractivity (Wildman–Crippen MR) is 57.1 cm³/mol. The first-order chi connectivity index (χ1) is 6.59. The number of aromatic nitrogens is 3. The van der Waals surface area contributed by atoms with Gasteiger partial charge in [0.15, 0.2) is 0 Å². The van der Waals surface area contributed by atoms with Gasteiger partial charge in [-0.05, 0) is 26.8 Å². The Hall–Kier alpha value is -1.58. The molecule has 4 nitrogen and oxygen atoms in total. The number of pyridine rings is 1. The third kappa shape index (κ3) is 1.23. The molecule has 0 aliphatic carbocycles. The summed E-state index contributed by atoms with van der Waals surface area (Å²) < 4.78 is 1.90. The Morgan fingerprint density at radius 2 is 2.14 bits per heavy atom. The molecule has 0 saturated carbocycles. The first kappa shape index (κ1) is 8.99. The van der Waals surface area contributed by atoms with E-state index in [4.69, 9.17) is 5.73 Å². The zero-order chi connectivity index (χ0) is 10.3. The first-order valence-corrected chi connectivity index (χ1v) is 4.70. The van der Waals surface area contributed by atoms with Crippen molar-refractivity contribution in [3.8, 4) is 0 Å². The van der Waals surface area contributed by atoms with E-state index in [1.54, 1.807) is 6.20 Å². The van der Waals surface area contributed by atoms with E-state index in [0.29, 0.717) is 6.04 Å². The Labute approximate surface area is 82.7 Å². The van der Waals surface area contributed by atoms with Crippen LogP contribution in [-0.2, 0) is 0 Å². The SMILES string of the molecule is Cc1cc(N)c2c(cnn2C(C)C)n1. The average molecular weight is 190 g/mol. The van der Waals surface area contributed by atoms with Crippen molar-refractivity contribution in [2.24, 2.45) is 0 Å². The van der Waals surface area contributed by atoms with Crippen molar-refractivity contribution in [1.82, 2.24) is 14.8 Å². The van der Waals surface area contributed by atoms with Crippen molar-refractivity contribution in [1.29, 1.82) is 0 Å². The van der Waals surface area contributed by atoms with Gasteiger partial charge >= 0.3 is 0 Å². The lowest BCUT2D eigenvalue weighted by Gasteiger charge is -2.08. The number of hydrogen-bond acceptors (Lipinski definition) is 3. The van der Waals surface area contributed by atoms with Gasteiger partial charge in [0.2, 0.25) is 0 Å². The number of nitrogens with two attached hydrogens (primary N) is 1. The van der Waals surface area contributed by atoms with Crippen LogP contribution in [0.3, 0.4) is 0 Å². The van der Waals surface area contributed by atoms with Crippen LogP contribution < -0.4 is 5.73 Å². The molecule has 2 rings (SSSR count). The van der Waals surface area contributed by atoms with Gasteiger partial charge in [-0.25, -0.2) is 4.98 Å². The predicted octanol–water partition coefficient (Wildman–Crippen LogP) is 1.90. The van der Waals surface area contributed by atoms with E-state index in [-0.39, 0.29) is 0 Å². The molecule has 0 saturated heterocycles. The first-order valence-electron chi connectivity index (χ1n) is 4.70. The molecule has 0 spiro atoms. The lowest BCUT2D eigenvalue weighted by molar-refractivity contribution is 0.551. The Morgan fingerprint density at radius 1 is 1.43 bits per heavy atom. The second-order valence-corrected chi connectivity index (χ2v) is 3.77. The van der Waals surface area contributed by atoms with Gasteiger partial charge in [-0.15, -0.1) is 0 Å². The molecule has 0 aliphatic rings. The summed E-state index contributed by atoms with van der Waals surface area (Å²) in [5.41, 5.74) is 9.42. The maximum atomic E-state index is 5.94. The van der Waals surface area contributed by atoms with Gasteiger partial charge in [0.1, 0.15) is 11.0 Å². The topological polar surface area (TPSA) is 56.7 Å². The second kappa shape index (κ2) is 2.97. The summed E-state index contributed by atoms with van der Waals surface area (Å²) in [6.45, 7) is 6.08. The highest BCUT2D eigenvalue weighted by Gasteiger charge is 2.10. The van der Waals surface area contributed by atoms with Gasteiger partial charge in [0.25, 0.3) is 0 Å². The minimum Gasteiger partial charge on any atom is -0.397 e. The zero-order valence-corrected chi connectivity index (χ0v) is 8.65. The minimum absolute atomic E-state index is 0.305. The van der Waals surface area contributed by atoms with Crippen LogP contribution in [0.2, 0.25) is 0 Å². The summed E-state index contributed by atoms with van der Waals surface area (Å²) in [6, 6.07) is 2.18. The molecule has 2 N–H and O–H groups in total. The number of fused-ring (bicyclic) bond motifs is 1. The zero-order valence-electron chi connectivity index (χ0n) is 8.65. The monoisotopic (exact) mass is 190 g/mol. The van der Waals surface area contributed by atoms with E-state index in [2.05, 4.69) is 23.9 Å². The highest BCUT2D eigenvalue weighted by Crippen LogP contribution is 2.22. The Kier molecular flexibility index (Phi) is 1.91. The van der Waals surface area contributed by atoms with Crippen LogP contribution in [-0.4, -0.2) is 14.8 Å². The average Bonchev–Trinajstić information content (AvgIpc) is 2.47. The molecule has 0 atom stereocenters. The van der Waals surface area contributed by atoms with Gasteiger partial charge in [0.05, 0.1) is 11.9 Å². The van der Waals surface area contributed by atoms with Gasteiger partial charge in [0, 0.05) is 11.7 Å². The third-order valence-electron chi connectivity index (χ3n) is 2.20. The summed E-state index contributed by atoms with van der Waals surface area (Å²) in [5.74, 6) is 0. The molecule has 14 heavy (non-hydrogen) atoms. The summed E-state index contributed by atoms with van der Waals surface area (Å²) >= 11 is 0. The van der Waals surface area contributed by atoms with Crippen LogP contribution in [0, 0.1) is 6.92 Å². The fraction of sp³-hybridized carbons (Fsp3) is 0.400. The van der Waals surface area contributed by atoms with E-state index in [9.17, 15) is 0 Å². The van der Waals surface area contributed by atoms with Gasteiger partial charge < -0.3 is 5.73 Å². The molecule has 2 heterocycles. The van der Waals surface area contributed by atoms with Crippen LogP contribution in [0.5, 0.6) is 0 Å². The number of rotatable bonds is 1. The Balaban J connectivity index is 2.79. The fourth-order valence-electron chi connectivity index (χ4n) is 1.62. The van der Waals surface area contributed by atoms with Crippen LogP contribution in [0.1, 0.15) is 25.6 Å². The van der Waals surface area contributed by atoms with Crippen LogP contribution in [0.4, 0.5) is 5.69 Å². The molecule has 4 heteroatoms. The second-order valence-electron chi connectivity index (χ2n) is 3.77. The number of nitrogen functional groups attached to an aromatic ring is 1. The van der Waals surface area contributed by atoms with Crippen LogP contribution in [0.25, 0.3) is 11.0 Å². The van der Waals surface area contributed by atoms with E-state index >= 15 is 0 Å². The van der Waals surface area contributed by atoms with Crippen LogP contribution in [0.15, 0.2) is 12.3 Å². The van der Waals surface area contributed by atoms with Crippen molar-refractivity contribution < 1.29 is 0 Å². The summed E-state index contributed by atoms with van der Waals surface area (Å²) in [7, 11) is 0. The van der Waals surface area contributed by atoms with Crippen molar-refractivity contribution in [3.05, 3.63) is 18.0 Å². The molecule has 0 aliphatic heterocycles. The van der Waals surface area contributed by atoms with Crippen molar-refractivity contribution >= 4 is 16.7 Å². The molecular weight excluding hydrogens is 176 g/mol. The van der Waals surface area contributed by atoms with Crippen LogP contribution >= 0.6 is 0 Å². The van der Waals surface area contributed by atoms with Gasteiger partial charge in [-0.3, -0.25) is 4.68 Å². The van der Waals surface area contributed by atoms with E-state index in [1.165, 1.54) is 0 Å². The summed E-state index contributed by atoms with van der Waals surface area (Å²) in [6.07, 6.45) is 1.76.